The number of hydrogen-bond acceptors (Lipinski definition) is 3. The standard InChI is InChI=1S/C17H19ClN4/c1-4-8-19-15-9-11(2)20-17-12(3)16(21-22(15)17)13-6-5-7-14(18)10-13/h5-7,9-10,19H,4,8H2,1-3H3. The van der Waals surface area contributed by atoms with Gasteiger partial charge >= 0.3 is 0 Å². The van der Waals surface area contributed by atoms with Gasteiger partial charge in [-0.05, 0) is 32.4 Å². The van der Waals surface area contributed by atoms with Crippen LogP contribution in [0.5, 0.6) is 0 Å². The molecule has 114 valence electrons. The lowest BCUT2D eigenvalue weighted by atomic mass is 10.1. The van der Waals surface area contributed by atoms with E-state index in [9.17, 15) is 0 Å². The topological polar surface area (TPSA) is 42.2 Å². The molecule has 0 amide bonds. The minimum Gasteiger partial charge on any atom is -0.370 e. The van der Waals surface area contributed by atoms with Crippen molar-refractivity contribution >= 4 is 23.1 Å². The van der Waals surface area contributed by atoms with Crippen LogP contribution in [-0.2, 0) is 0 Å². The van der Waals surface area contributed by atoms with Gasteiger partial charge in [-0.3, -0.25) is 0 Å². The maximum absolute atomic E-state index is 6.11. The fourth-order valence-electron chi connectivity index (χ4n) is 2.53. The summed E-state index contributed by atoms with van der Waals surface area (Å²) in [6, 6.07) is 9.79. The lowest BCUT2D eigenvalue weighted by molar-refractivity contribution is 0.899. The highest BCUT2D eigenvalue weighted by Crippen LogP contribution is 2.28. The zero-order valence-corrected chi connectivity index (χ0v) is 13.8. The van der Waals surface area contributed by atoms with Gasteiger partial charge in [0, 0.05) is 34.5 Å². The zero-order chi connectivity index (χ0) is 15.7. The Morgan fingerprint density at radius 3 is 2.77 bits per heavy atom. The van der Waals surface area contributed by atoms with E-state index in [1.54, 1.807) is 0 Å². The molecule has 0 aliphatic rings. The fraction of sp³-hybridized carbons (Fsp3) is 0.294. The molecule has 22 heavy (non-hydrogen) atoms. The third kappa shape index (κ3) is 2.66. The van der Waals surface area contributed by atoms with Crippen molar-refractivity contribution in [3.05, 3.63) is 46.6 Å². The van der Waals surface area contributed by atoms with Crippen LogP contribution < -0.4 is 5.32 Å². The van der Waals surface area contributed by atoms with E-state index in [0.717, 1.165) is 46.9 Å². The minimum atomic E-state index is 0.711. The van der Waals surface area contributed by atoms with Gasteiger partial charge in [-0.25, -0.2) is 4.98 Å². The Labute approximate surface area is 135 Å². The van der Waals surface area contributed by atoms with Crippen LogP contribution in [0.2, 0.25) is 5.02 Å². The summed E-state index contributed by atoms with van der Waals surface area (Å²) in [6.45, 7) is 7.10. The average molecular weight is 315 g/mol. The van der Waals surface area contributed by atoms with Crippen LogP contribution in [-0.4, -0.2) is 21.1 Å². The van der Waals surface area contributed by atoms with Crippen molar-refractivity contribution in [2.45, 2.75) is 27.2 Å². The second-order valence-corrected chi connectivity index (χ2v) is 5.87. The summed E-state index contributed by atoms with van der Waals surface area (Å²) in [6.07, 6.45) is 1.06. The van der Waals surface area contributed by atoms with Crippen LogP contribution in [0.4, 0.5) is 5.82 Å². The molecular formula is C17H19ClN4. The van der Waals surface area contributed by atoms with E-state index in [1.165, 1.54) is 0 Å². The van der Waals surface area contributed by atoms with Crippen molar-refractivity contribution in [2.24, 2.45) is 0 Å². The second kappa shape index (κ2) is 5.97. The lowest BCUT2D eigenvalue weighted by Crippen LogP contribution is -2.07. The molecule has 0 unspecified atom stereocenters. The third-order valence-electron chi connectivity index (χ3n) is 3.60. The minimum absolute atomic E-state index is 0.711. The van der Waals surface area contributed by atoms with Gasteiger partial charge in [-0.1, -0.05) is 30.7 Å². The molecule has 4 nitrogen and oxygen atoms in total. The highest BCUT2D eigenvalue weighted by Gasteiger charge is 2.15. The van der Waals surface area contributed by atoms with E-state index in [0.29, 0.717) is 5.02 Å². The van der Waals surface area contributed by atoms with Crippen LogP contribution in [0.15, 0.2) is 30.3 Å². The van der Waals surface area contributed by atoms with E-state index in [-0.39, 0.29) is 0 Å². The summed E-state index contributed by atoms with van der Waals surface area (Å²) in [7, 11) is 0. The molecule has 0 spiro atoms. The molecule has 0 aliphatic heterocycles. The molecule has 2 aromatic heterocycles. The Morgan fingerprint density at radius 1 is 1.23 bits per heavy atom. The quantitative estimate of drug-likeness (QED) is 0.771. The number of halogens is 1. The summed E-state index contributed by atoms with van der Waals surface area (Å²) in [4.78, 5) is 4.64. The second-order valence-electron chi connectivity index (χ2n) is 5.43. The molecule has 0 fully saturated rings. The molecule has 1 aromatic carbocycles. The largest absolute Gasteiger partial charge is 0.370 e. The summed E-state index contributed by atoms with van der Waals surface area (Å²) < 4.78 is 1.88. The first kappa shape index (κ1) is 14.9. The van der Waals surface area contributed by atoms with E-state index in [1.807, 2.05) is 41.8 Å². The number of nitrogens with one attached hydrogen (secondary N) is 1. The first-order chi connectivity index (χ1) is 10.6. The van der Waals surface area contributed by atoms with E-state index in [4.69, 9.17) is 16.7 Å². The maximum atomic E-state index is 6.11. The van der Waals surface area contributed by atoms with Crippen molar-refractivity contribution < 1.29 is 0 Å². The Balaban J connectivity index is 2.19. The molecule has 3 rings (SSSR count). The summed E-state index contributed by atoms with van der Waals surface area (Å²) >= 11 is 6.11. The van der Waals surface area contributed by atoms with Crippen molar-refractivity contribution in [3.63, 3.8) is 0 Å². The van der Waals surface area contributed by atoms with Gasteiger partial charge in [0.15, 0.2) is 5.65 Å². The third-order valence-corrected chi connectivity index (χ3v) is 3.84. The molecule has 0 saturated carbocycles. The number of rotatable bonds is 4. The van der Waals surface area contributed by atoms with Gasteiger partial charge in [0.1, 0.15) is 5.82 Å². The zero-order valence-electron chi connectivity index (χ0n) is 13.0. The average Bonchev–Trinajstić information content (AvgIpc) is 2.82. The molecule has 0 bridgehead atoms. The Morgan fingerprint density at radius 2 is 2.05 bits per heavy atom. The van der Waals surface area contributed by atoms with Crippen LogP contribution in [0, 0.1) is 13.8 Å². The number of nitrogens with zero attached hydrogens (tertiary/aromatic N) is 3. The number of aryl methyl sites for hydroxylation is 2. The Kier molecular flexibility index (Phi) is 4.03. The fourth-order valence-corrected chi connectivity index (χ4v) is 2.72. The van der Waals surface area contributed by atoms with E-state index in [2.05, 4.69) is 24.1 Å². The summed E-state index contributed by atoms with van der Waals surface area (Å²) in [5, 5.41) is 8.88. The van der Waals surface area contributed by atoms with Gasteiger partial charge in [0.05, 0.1) is 5.69 Å². The predicted molar refractivity (Wildman–Crippen MR) is 91.7 cm³/mol. The number of fused-ring (bicyclic) bond motifs is 1. The molecule has 0 saturated heterocycles. The normalized spacial score (nSPS) is 11.1. The summed E-state index contributed by atoms with van der Waals surface area (Å²) in [5.74, 6) is 0.973. The number of anilines is 1. The number of aromatic nitrogens is 3. The van der Waals surface area contributed by atoms with Crippen LogP contribution >= 0.6 is 11.6 Å². The predicted octanol–water partition coefficient (Wildman–Crippen LogP) is 4.49. The maximum Gasteiger partial charge on any atom is 0.161 e. The lowest BCUT2D eigenvalue weighted by Gasteiger charge is -2.07. The van der Waals surface area contributed by atoms with E-state index >= 15 is 0 Å². The monoisotopic (exact) mass is 314 g/mol. The molecule has 0 aliphatic carbocycles. The molecule has 2 heterocycles. The van der Waals surface area contributed by atoms with E-state index < -0.39 is 0 Å². The van der Waals surface area contributed by atoms with Crippen LogP contribution in [0.3, 0.4) is 0 Å². The van der Waals surface area contributed by atoms with Gasteiger partial charge < -0.3 is 5.32 Å². The molecule has 5 heteroatoms. The van der Waals surface area contributed by atoms with Crippen molar-refractivity contribution in [2.75, 3.05) is 11.9 Å². The van der Waals surface area contributed by atoms with Crippen molar-refractivity contribution in [3.8, 4) is 11.3 Å². The molecule has 1 N–H and O–H groups in total. The van der Waals surface area contributed by atoms with Gasteiger partial charge in [-0.2, -0.15) is 9.61 Å². The first-order valence-electron chi connectivity index (χ1n) is 7.47. The SMILES string of the molecule is CCCNc1cc(C)nc2c(C)c(-c3cccc(Cl)c3)nn12. The van der Waals surface area contributed by atoms with Crippen molar-refractivity contribution in [1.82, 2.24) is 14.6 Å². The van der Waals surface area contributed by atoms with Gasteiger partial charge in [0.2, 0.25) is 0 Å². The van der Waals surface area contributed by atoms with Crippen LogP contribution in [0.25, 0.3) is 16.9 Å². The molecular weight excluding hydrogens is 296 g/mol. The molecule has 3 aromatic rings. The van der Waals surface area contributed by atoms with Crippen molar-refractivity contribution in [1.29, 1.82) is 0 Å². The molecule has 0 atom stereocenters. The number of hydrogen-bond donors (Lipinski definition) is 1. The highest BCUT2D eigenvalue weighted by atomic mass is 35.5. The van der Waals surface area contributed by atoms with Gasteiger partial charge in [-0.15, -0.1) is 0 Å². The summed E-state index contributed by atoms with van der Waals surface area (Å²) in [5.41, 5.74) is 4.85. The molecule has 0 radical (unpaired) electrons. The Bertz CT molecular complexity index is 823. The van der Waals surface area contributed by atoms with Crippen LogP contribution in [0.1, 0.15) is 24.6 Å². The Hall–Kier alpha value is -2.07. The first-order valence-corrected chi connectivity index (χ1v) is 7.84. The highest BCUT2D eigenvalue weighted by molar-refractivity contribution is 6.30. The number of benzene rings is 1. The smallest absolute Gasteiger partial charge is 0.161 e. The van der Waals surface area contributed by atoms with Gasteiger partial charge in [0.25, 0.3) is 0 Å².